The van der Waals surface area contributed by atoms with E-state index in [0.717, 1.165) is 0 Å². The van der Waals surface area contributed by atoms with Crippen molar-refractivity contribution in [3.63, 3.8) is 0 Å². The first kappa shape index (κ1) is 16.7. The highest BCUT2D eigenvalue weighted by molar-refractivity contribution is 5.85. The molecular formula is C16H15F3N2O2. The number of anilines is 1. The van der Waals surface area contributed by atoms with Crippen LogP contribution in [0.4, 0.5) is 18.9 Å². The van der Waals surface area contributed by atoms with Crippen LogP contribution in [0.3, 0.4) is 0 Å². The van der Waals surface area contributed by atoms with E-state index in [-0.39, 0.29) is 17.3 Å². The summed E-state index contributed by atoms with van der Waals surface area (Å²) in [6, 6.07) is 10.3. The Morgan fingerprint density at radius 2 is 1.91 bits per heavy atom. The first-order valence-corrected chi connectivity index (χ1v) is 6.85. The third-order valence-corrected chi connectivity index (χ3v) is 2.76. The molecule has 0 aliphatic heterocycles. The molecule has 4 nitrogen and oxygen atoms in total. The zero-order chi connectivity index (χ0) is 16.7. The van der Waals surface area contributed by atoms with Crippen LogP contribution in [0.25, 0.3) is 0 Å². The first-order chi connectivity index (χ1) is 11.1. The van der Waals surface area contributed by atoms with E-state index in [1.54, 1.807) is 19.1 Å². The van der Waals surface area contributed by atoms with E-state index < -0.39 is 6.61 Å². The van der Waals surface area contributed by atoms with Gasteiger partial charge in [-0.2, -0.15) is 13.9 Å². The molecule has 0 aliphatic rings. The fraction of sp³-hybridized carbons (Fsp3) is 0.188. The molecule has 0 amide bonds. The number of alkyl halides is 2. The van der Waals surface area contributed by atoms with E-state index in [1.165, 1.54) is 36.5 Å². The number of rotatable bonds is 7. The van der Waals surface area contributed by atoms with Crippen molar-refractivity contribution < 1.29 is 22.6 Å². The van der Waals surface area contributed by atoms with Crippen LogP contribution >= 0.6 is 0 Å². The van der Waals surface area contributed by atoms with Gasteiger partial charge < -0.3 is 9.47 Å². The Bertz CT molecular complexity index is 661. The lowest BCUT2D eigenvalue weighted by Gasteiger charge is -2.13. The number of para-hydroxylation sites is 1. The molecular weight excluding hydrogens is 309 g/mol. The number of hydrogen-bond acceptors (Lipinski definition) is 4. The van der Waals surface area contributed by atoms with Gasteiger partial charge in [0.05, 0.1) is 18.5 Å². The number of ether oxygens (including phenoxy) is 2. The zero-order valence-corrected chi connectivity index (χ0v) is 12.3. The maximum absolute atomic E-state index is 12.8. The normalized spacial score (nSPS) is 11.0. The third-order valence-electron chi connectivity index (χ3n) is 2.76. The molecule has 0 radical (unpaired) electrons. The molecule has 0 bridgehead atoms. The van der Waals surface area contributed by atoms with Crippen molar-refractivity contribution in [3.8, 4) is 11.5 Å². The van der Waals surface area contributed by atoms with E-state index in [1.807, 2.05) is 0 Å². The van der Waals surface area contributed by atoms with Gasteiger partial charge in [0, 0.05) is 5.56 Å². The Hall–Kier alpha value is -2.70. The second-order valence-electron chi connectivity index (χ2n) is 4.36. The molecule has 2 aromatic carbocycles. The second kappa shape index (κ2) is 8.07. The van der Waals surface area contributed by atoms with Crippen molar-refractivity contribution in [1.29, 1.82) is 0 Å². The number of benzene rings is 2. The molecule has 0 fully saturated rings. The Balaban J connectivity index is 2.18. The smallest absolute Gasteiger partial charge is 0.387 e. The summed E-state index contributed by atoms with van der Waals surface area (Å²) >= 11 is 0. The van der Waals surface area contributed by atoms with Crippen molar-refractivity contribution in [3.05, 3.63) is 53.8 Å². The SMILES string of the molecule is CCOc1cccc(/C=N\Nc2ccc(F)cc2)c1OC(F)F. The van der Waals surface area contributed by atoms with Crippen LogP contribution in [0.1, 0.15) is 12.5 Å². The summed E-state index contributed by atoms with van der Waals surface area (Å²) in [5.74, 6) is -0.246. The van der Waals surface area contributed by atoms with Crippen LogP contribution in [-0.2, 0) is 0 Å². The summed E-state index contributed by atoms with van der Waals surface area (Å²) in [5.41, 5.74) is 3.55. The minimum atomic E-state index is -2.98. The predicted molar refractivity (Wildman–Crippen MR) is 81.9 cm³/mol. The standard InChI is InChI=1S/C16H15F3N2O2/c1-2-22-14-5-3-4-11(15(14)23-16(18)19)10-20-21-13-8-6-12(17)7-9-13/h3-10,16,21H,2H2,1H3/b20-10-. The van der Waals surface area contributed by atoms with Gasteiger partial charge in [-0.3, -0.25) is 5.43 Å². The number of hydrazone groups is 1. The van der Waals surface area contributed by atoms with E-state index in [2.05, 4.69) is 15.3 Å². The van der Waals surface area contributed by atoms with Gasteiger partial charge in [0.25, 0.3) is 0 Å². The molecule has 0 unspecified atom stereocenters. The maximum Gasteiger partial charge on any atom is 0.387 e. The van der Waals surface area contributed by atoms with Gasteiger partial charge >= 0.3 is 6.61 Å². The lowest BCUT2D eigenvalue weighted by molar-refractivity contribution is -0.0515. The van der Waals surface area contributed by atoms with E-state index in [9.17, 15) is 13.2 Å². The van der Waals surface area contributed by atoms with E-state index >= 15 is 0 Å². The monoisotopic (exact) mass is 324 g/mol. The fourth-order valence-electron chi connectivity index (χ4n) is 1.82. The van der Waals surface area contributed by atoms with Crippen LogP contribution in [-0.4, -0.2) is 19.4 Å². The van der Waals surface area contributed by atoms with Crippen molar-refractivity contribution in [2.45, 2.75) is 13.5 Å². The van der Waals surface area contributed by atoms with Crippen molar-refractivity contribution in [1.82, 2.24) is 0 Å². The number of halogens is 3. The molecule has 0 aliphatic carbocycles. The molecule has 0 spiro atoms. The predicted octanol–water partition coefficient (Wildman–Crippen LogP) is 4.27. The Kier molecular flexibility index (Phi) is 5.85. The van der Waals surface area contributed by atoms with E-state index in [0.29, 0.717) is 17.9 Å². The lowest BCUT2D eigenvalue weighted by atomic mass is 10.2. The highest BCUT2D eigenvalue weighted by Crippen LogP contribution is 2.31. The maximum atomic E-state index is 12.8. The van der Waals surface area contributed by atoms with Gasteiger partial charge in [-0.15, -0.1) is 0 Å². The van der Waals surface area contributed by atoms with Gasteiger partial charge in [-0.25, -0.2) is 4.39 Å². The van der Waals surface area contributed by atoms with Crippen LogP contribution in [0.5, 0.6) is 11.5 Å². The molecule has 23 heavy (non-hydrogen) atoms. The van der Waals surface area contributed by atoms with Gasteiger partial charge in [0.1, 0.15) is 5.82 Å². The first-order valence-electron chi connectivity index (χ1n) is 6.85. The molecule has 122 valence electrons. The van der Waals surface area contributed by atoms with Crippen LogP contribution < -0.4 is 14.9 Å². The van der Waals surface area contributed by atoms with Gasteiger partial charge in [0.15, 0.2) is 11.5 Å². The largest absolute Gasteiger partial charge is 0.490 e. The van der Waals surface area contributed by atoms with Crippen LogP contribution in [0.15, 0.2) is 47.6 Å². The number of nitrogens with one attached hydrogen (secondary N) is 1. The highest BCUT2D eigenvalue weighted by atomic mass is 19.3. The average molecular weight is 324 g/mol. The Labute approximate surface area is 131 Å². The van der Waals surface area contributed by atoms with E-state index in [4.69, 9.17) is 4.74 Å². The Morgan fingerprint density at radius 1 is 1.17 bits per heavy atom. The highest BCUT2D eigenvalue weighted by Gasteiger charge is 2.14. The molecule has 0 atom stereocenters. The molecule has 0 saturated carbocycles. The van der Waals surface area contributed by atoms with Crippen molar-refractivity contribution in [2.75, 3.05) is 12.0 Å². The van der Waals surface area contributed by atoms with Gasteiger partial charge in [-0.05, 0) is 43.3 Å². The molecule has 0 saturated heterocycles. The second-order valence-corrected chi connectivity index (χ2v) is 4.36. The lowest BCUT2D eigenvalue weighted by Crippen LogP contribution is -2.07. The summed E-state index contributed by atoms with van der Waals surface area (Å²) in [7, 11) is 0. The molecule has 2 rings (SSSR count). The molecule has 0 heterocycles. The minimum absolute atomic E-state index is 0.0889. The van der Waals surface area contributed by atoms with Crippen molar-refractivity contribution >= 4 is 11.9 Å². The summed E-state index contributed by atoms with van der Waals surface area (Å²) in [5, 5.41) is 3.93. The summed E-state index contributed by atoms with van der Waals surface area (Å²) in [6.07, 6.45) is 1.32. The third kappa shape index (κ3) is 4.91. The molecule has 1 N–H and O–H groups in total. The Morgan fingerprint density at radius 3 is 2.57 bits per heavy atom. The average Bonchev–Trinajstić information content (AvgIpc) is 2.52. The number of nitrogens with zero attached hydrogens (tertiary/aromatic N) is 1. The van der Waals surface area contributed by atoms with Gasteiger partial charge in [0.2, 0.25) is 0 Å². The van der Waals surface area contributed by atoms with Crippen LogP contribution in [0.2, 0.25) is 0 Å². The topological polar surface area (TPSA) is 42.8 Å². The molecule has 0 aromatic heterocycles. The van der Waals surface area contributed by atoms with Crippen LogP contribution in [0, 0.1) is 5.82 Å². The van der Waals surface area contributed by atoms with Crippen molar-refractivity contribution in [2.24, 2.45) is 5.10 Å². The number of hydrogen-bond donors (Lipinski definition) is 1. The minimum Gasteiger partial charge on any atom is -0.490 e. The molecule has 2 aromatic rings. The molecule has 7 heteroatoms. The summed E-state index contributed by atoms with van der Waals surface area (Å²) < 4.78 is 47.7. The van der Waals surface area contributed by atoms with Gasteiger partial charge in [-0.1, -0.05) is 6.07 Å². The fourth-order valence-corrected chi connectivity index (χ4v) is 1.82. The summed E-state index contributed by atoms with van der Waals surface area (Å²) in [6.45, 7) is -0.925. The summed E-state index contributed by atoms with van der Waals surface area (Å²) in [4.78, 5) is 0. The zero-order valence-electron chi connectivity index (χ0n) is 12.3. The quantitative estimate of drug-likeness (QED) is 0.611.